The highest BCUT2D eigenvalue weighted by Crippen LogP contribution is 2.24. The number of aromatic nitrogens is 2. The molecule has 26 heavy (non-hydrogen) atoms. The maximum atomic E-state index is 12.1. The lowest BCUT2D eigenvalue weighted by Gasteiger charge is -2.09. The first-order chi connectivity index (χ1) is 12.6. The van der Waals surface area contributed by atoms with Crippen LogP contribution in [0.25, 0.3) is 0 Å². The van der Waals surface area contributed by atoms with Crippen molar-refractivity contribution >= 4 is 29.2 Å². The number of ether oxygens (including phenoxy) is 1. The normalized spacial score (nSPS) is 10.3. The van der Waals surface area contributed by atoms with Crippen molar-refractivity contribution in [3.8, 4) is 11.5 Å². The van der Waals surface area contributed by atoms with Gasteiger partial charge in [-0.3, -0.25) is 9.59 Å². The first kappa shape index (κ1) is 17.6. The summed E-state index contributed by atoms with van der Waals surface area (Å²) in [4.78, 5) is 29.9. The number of carbonyl (C=O) groups excluding carboxylic acids is 1. The molecule has 0 aliphatic heterocycles. The fraction of sp³-hybridized carbons (Fsp3) is 0.0556. The van der Waals surface area contributed by atoms with Crippen LogP contribution in [0.3, 0.4) is 0 Å². The van der Waals surface area contributed by atoms with E-state index in [2.05, 4.69) is 15.3 Å². The summed E-state index contributed by atoms with van der Waals surface area (Å²) in [5.41, 5.74) is 5.76. The van der Waals surface area contributed by atoms with Crippen molar-refractivity contribution in [2.75, 3.05) is 16.8 Å². The molecule has 3 rings (SSSR count). The minimum Gasteiger partial charge on any atom is -0.457 e. The van der Waals surface area contributed by atoms with Gasteiger partial charge < -0.3 is 20.8 Å². The lowest BCUT2D eigenvalue weighted by Crippen LogP contribution is -2.15. The maximum Gasteiger partial charge on any atom is 0.253 e. The van der Waals surface area contributed by atoms with E-state index in [4.69, 9.17) is 10.5 Å². The molecule has 0 aliphatic rings. The Morgan fingerprint density at radius 1 is 1.12 bits per heavy atom. The molecule has 0 spiro atoms. The Balaban J connectivity index is 1.59. The minimum atomic E-state index is -0.355. The van der Waals surface area contributed by atoms with Gasteiger partial charge in [-0.25, -0.2) is 4.98 Å². The third kappa shape index (κ3) is 5.12. The summed E-state index contributed by atoms with van der Waals surface area (Å²) < 4.78 is 5.74. The number of H-pyrrole nitrogens is 1. The molecule has 0 atom stereocenters. The fourth-order valence-electron chi connectivity index (χ4n) is 2.11. The van der Waals surface area contributed by atoms with E-state index in [0.29, 0.717) is 22.3 Å². The second kappa shape index (κ2) is 8.21. The molecule has 0 unspecified atom stereocenters. The highest BCUT2D eigenvalue weighted by Gasteiger charge is 2.07. The highest BCUT2D eigenvalue weighted by atomic mass is 32.2. The fourth-order valence-corrected chi connectivity index (χ4v) is 2.80. The smallest absolute Gasteiger partial charge is 0.253 e. The molecule has 0 fully saturated rings. The van der Waals surface area contributed by atoms with Crippen LogP contribution in [0, 0.1) is 0 Å². The second-order valence-electron chi connectivity index (χ2n) is 5.26. The molecule has 1 aromatic heterocycles. The van der Waals surface area contributed by atoms with Crippen molar-refractivity contribution in [2.24, 2.45) is 0 Å². The van der Waals surface area contributed by atoms with E-state index in [0.717, 1.165) is 11.8 Å². The molecule has 0 saturated heterocycles. The van der Waals surface area contributed by atoms with E-state index in [1.165, 1.54) is 6.07 Å². The quantitative estimate of drug-likeness (QED) is 0.456. The Kier molecular flexibility index (Phi) is 5.55. The number of nitrogens with one attached hydrogen (secondary N) is 2. The molecule has 3 aromatic rings. The van der Waals surface area contributed by atoms with Gasteiger partial charge in [0.25, 0.3) is 5.56 Å². The van der Waals surface area contributed by atoms with Crippen LogP contribution >= 0.6 is 11.8 Å². The largest absolute Gasteiger partial charge is 0.457 e. The maximum absolute atomic E-state index is 12.1. The number of anilines is 2. The van der Waals surface area contributed by atoms with Crippen LogP contribution in [-0.2, 0) is 4.79 Å². The van der Waals surface area contributed by atoms with Crippen molar-refractivity contribution in [2.45, 2.75) is 5.16 Å². The van der Waals surface area contributed by atoms with Crippen molar-refractivity contribution in [3.63, 3.8) is 0 Å². The topological polar surface area (TPSA) is 110 Å². The summed E-state index contributed by atoms with van der Waals surface area (Å²) in [7, 11) is 0. The van der Waals surface area contributed by atoms with Gasteiger partial charge in [-0.1, -0.05) is 36.0 Å². The SMILES string of the molecule is Nc1cc(=O)[nH]c(SCC(=O)Nc2cccc(Oc3ccccc3)c2)n1. The summed E-state index contributed by atoms with van der Waals surface area (Å²) in [6.07, 6.45) is 0. The Morgan fingerprint density at radius 3 is 2.65 bits per heavy atom. The molecule has 4 N–H and O–H groups in total. The first-order valence-electron chi connectivity index (χ1n) is 7.71. The van der Waals surface area contributed by atoms with Gasteiger partial charge >= 0.3 is 0 Å². The number of carbonyl (C=O) groups is 1. The number of amides is 1. The molecule has 0 aliphatic carbocycles. The lowest BCUT2D eigenvalue weighted by molar-refractivity contribution is -0.113. The van der Waals surface area contributed by atoms with E-state index in [1.807, 2.05) is 30.3 Å². The van der Waals surface area contributed by atoms with E-state index in [9.17, 15) is 9.59 Å². The molecule has 0 saturated carbocycles. The van der Waals surface area contributed by atoms with Gasteiger partial charge in [0.15, 0.2) is 5.16 Å². The molecule has 132 valence electrons. The molecule has 0 bridgehead atoms. The Morgan fingerprint density at radius 2 is 1.88 bits per heavy atom. The summed E-state index contributed by atoms with van der Waals surface area (Å²) >= 11 is 1.09. The van der Waals surface area contributed by atoms with Gasteiger partial charge in [-0.15, -0.1) is 0 Å². The molecule has 7 nitrogen and oxygen atoms in total. The number of rotatable bonds is 6. The number of thioether (sulfide) groups is 1. The van der Waals surface area contributed by atoms with E-state index < -0.39 is 0 Å². The van der Waals surface area contributed by atoms with Crippen molar-refractivity contribution in [1.82, 2.24) is 9.97 Å². The van der Waals surface area contributed by atoms with E-state index >= 15 is 0 Å². The predicted octanol–water partition coefficient (Wildman–Crippen LogP) is 2.88. The summed E-state index contributed by atoms with van der Waals surface area (Å²) in [6, 6.07) is 17.6. The van der Waals surface area contributed by atoms with Crippen molar-refractivity contribution in [1.29, 1.82) is 0 Å². The number of para-hydroxylation sites is 1. The summed E-state index contributed by atoms with van der Waals surface area (Å²) in [5, 5.41) is 3.07. The highest BCUT2D eigenvalue weighted by molar-refractivity contribution is 7.99. The second-order valence-corrected chi connectivity index (χ2v) is 6.22. The number of nitrogen functional groups attached to an aromatic ring is 1. The Bertz CT molecular complexity index is 960. The van der Waals surface area contributed by atoms with Crippen molar-refractivity contribution < 1.29 is 9.53 Å². The molecule has 2 aromatic carbocycles. The average molecular weight is 368 g/mol. The Labute approximate surface area is 153 Å². The van der Waals surface area contributed by atoms with Gasteiger partial charge in [0, 0.05) is 17.8 Å². The van der Waals surface area contributed by atoms with E-state index in [-0.39, 0.29) is 23.0 Å². The van der Waals surface area contributed by atoms with Crippen molar-refractivity contribution in [3.05, 3.63) is 71.0 Å². The minimum absolute atomic E-state index is 0.0795. The van der Waals surface area contributed by atoms with Crippen LogP contribution in [0.4, 0.5) is 11.5 Å². The summed E-state index contributed by atoms with van der Waals surface area (Å²) in [6.45, 7) is 0. The van der Waals surface area contributed by atoms with Crippen LogP contribution in [0.5, 0.6) is 11.5 Å². The molecule has 0 radical (unpaired) electrons. The van der Waals surface area contributed by atoms with Gasteiger partial charge in [-0.05, 0) is 24.3 Å². The van der Waals surface area contributed by atoms with Gasteiger partial charge in [0.2, 0.25) is 5.91 Å². The standard InChI is InChI=1S/C18H16N4O3S/c19-15-10-16(23)22-18(21-15)26-11-17(24)20-12-5-4-8-14(9-12)25-13-6-2-1-3-7-13/h1-10H,11H2,(H,20,24)(H3,19,21,22,23). The van der Waals surface area contributed by atoms with Crippen LogP contribution < -0.4 is 21.3 Å². The molecular weight excluding hydrogens is 352 g/mol. The number of benzene rings is 2. The van der Waals surface area contributed by atoms with Gasteiger partial charge in [0.05, 0.1) is 5.75 Å². The third-order valence-electron chi connectivity index (χ3n) is 3.18. The zero-order valence-corrected chi connectivity index (χ0v) is 14.5. The number of hydrogen-bond donors (Lipinski definition) is 3. The van der Waals surface area contributed by atoms with Crippen LogP contribution in [0.15, 0.2) is 70.6 Å². The number of nitrogens with zero attached hydrogens (tertiary/aromatic N) is 1. The van der Waals surface area contributed by atoms with Gasteiger partial charge in [-0.2, -0.15) is 0 Å². The molecule has 1 heterocycles. The molecule has 1 amide bonds. The zero-order valence-electron chi connectivity index (χ0n) is 13.6. The number of nitrogens with two attached hydrogens (primary N) is 1. The first-order valence-corrected chi connectivity index (χ1v) is 8.69. The third-order valence-corrected chi connectivity index (χ3v) is 4.05. The number of hydrogen-bond acceptors (Lipinski definition) is 6. The summed E-state index contributed by atoms with van der Waals surface area (Å²) in [5.74, 6) is 1.28. The van der Waals surface area contributed by atoms with Crippen LogP contribution in [0.2, 0.25) is 0 Å². The van der Waals surface area contributed by atoms with Crippen LogP contribution in [0.1, 0.15) is 0 Å². The number of aromatic amines is 1. The Hall–Kier alpha value is -3.26. The molecule has 8 heteroatoms. The predicted molar refractivity (Wildman–Crippen MR) is 102 cm³/mol. The lowest BCUT2D eigenvalue weighted by atomic mass is 10.3. The van der Waals surface area contributed by atoms with Crippen LogP contribution in [-0.4, -0.2) is 21.6 Å². The monoisotopic (exact) mass is 368 g/mol. The van der Waals surface area contributed by atoms with E-state index in [1.54, 1.807) is 24.3 Å². The average Bonchev–Trinajstić information content (AvgIpc) is 2.60. The molecular formula is C18H16N4O3S. The zero-order chi connectivity index (χ0) is 18.4. The van der Waals surface area contributed by atoms with Gasteiger partial charge in [0.1, 0.15) is 17.3 Å².